The number of amides is 2. The predicted octanol–water partition coefficient (Wildman–Crippen LogP) is 2.74. The summed E-state index contributed by atoms with van der Waals surface area (Å²) in [7, 11) is 1.63. The summed E-state index contributed by atoms with van der Waals surface area (Å²) in [4.78, 5) is 23.9. The van der Waals surface area contributed by atoms with Gasteiger partial charge in [-0.05, 0) is 35.7 Å². The molecule has 2 rings (SSSR count). The largest absolute Gasteiger partial charge is 0.497 e. The average molecular weight is 340 g/mol. The summed E-state index contributed by atoms with van der Waals surface area (Å²) in [5, 5.41) is 5.62. The second kappa shape index (κ2) is 9.47. The van der Waals surface area contributed by atoms with Crippen molar-refractivity contribution in [3.05, 3.63) is 65.7 Å². The fourth-order valence-electron chi connectivity index (χ4n) is 2.47. The Morgan fingerprint density at radius 3 is 2.24 bits per heavy atom. The molecule has 0 fully saturated rings. The van der Waals surface area contributed by atoms with Gasteiger partial charge in [-0.2, -0.15) is 0 Å². The van der Waals surface area contributed by atoms with Crippen LogP contribution in [0.25, 0.3) is 0 Å². The molecule has 2 amide bonds. The summed E-state index contributed by atoms with van der Waals surface area (Å²) < 4.78 is 5.13. The van der Waals surface area contributed by atoms with Gasteiger partial charge in [-0.25, -0.2) is 0 Å². The van der Waals surface area contributed by atoms with Crippen LogP contribution in [-0.4, -0.2) is 32.0 Å². The molecule has 2 aromatic rings. The van der Waals surface area contributed by atoms with Crippen LogP contribution in [0.5, 0.6) is 5.75 Å². The van der Waals surface area contributed by atoms with E-state index in [0.717, 1.165) is 11.3 Å². The smallest absolute Gasteiger partial charge is 0.251 e. The van der Waals surface area contributed by atoms with Gasteiger partial charge in [0.2, 0.25) is 5.91 Å². The number of rotatable bonds is 8. The maximum absolute atomic E-state index is 12.0. The molecule has 5 nitrogen and oxygen atoms in total. The average Bonchev–Trinajstić information content (AvgIpc) is 2.65. The third kappa shape index (κ3) is 5.95. The number of carbonyl (C=O) groups is 2. The third-order valence-electron chi connectivity index (χ3n) is 3.95. The Hall–Kier alpha value is -2.82. The molecule has 1 unspecified atom stereocenters. The molecular weight excluding hydrogens is 316 g/mol. The van der Waals surface area contributed by atoms with Gasteiger partial charge in [0.05, 0.1) is 7.11 Å². The van der Waals surface area contributed by atoms with Crippen LogP contribution in [0.1, 0.15) is 35.2 Å². The molecule has 0 aliphatic heterocycles. The van der Waals surface area contributed by atoms with Crippen LogP contribution < -0.4 is 15.4 Å². The zero-order chi connectivity index (χ0) is 18.1. The topological polar surface area (TPSA) is 67.4 Å². The van der Waals surface area contributed by atoms with Crippen LogP contribution in [0.15, 0.2) is 54.6 Å². The van der Waals surface area contributed by atoms with Crippen LogP contribution in [0.3, 0.4) is 0 Å². The number of nitrogens with one attached hydrogen (secondary N) is 2. The first-order chi connectivity index (χ1) is 12.1. The minimum atomic E-state index is -0.138. The van der Waals surface area contributed by atoms with E-state index in [0.29, 0.717) is 25.1 Å². The Labute approximate surface area is 148 Å². The number of carbonyl (C=O) groups excluding carboxylic acids is 2. The molecule has 2 aromatic carbocycles. The first-order valence-corrected chi connectivity index (χ1v) is 8.34. The summed E-state index contributed by atoms with van der Waals surface area (Å²) in [6.07, 6.45) is 0.402. The molecule has 1 atom stereocenters. The molecular formula is C20H24N2O3. The number of hydrogen-bond acceptors (Lipinski definition) is 3. The summed E-state index contributed by atoms with van der Waals surface area (Å²) in [5.41, 5.74) is 1.70. The number of benzene rings is 2. The van der Waals surface area contributed by atoms with Gasteiger partial charge in [-0.3, -0.25) is 9.59 Å². The monoisotopic (exact) mass is 340 g/mol. The van der Waals surface area contributed by atoms with Crippen molar-refractivity contribution in [3.8, 4) is 5.75 Å². The van der Waals surface area contributed by atoms with Gasteiger partial charge in [-0.15, -0.1) is 0 Å². The molecule has 0 aliphatic rings. The van der Waals surface area contributed by atoms with Crippen molar-refractivity contribution in [2.24, 2.45) is 0 Å². The minimum absolute atomic E-state index is 0.0303. The van der Waals surface area contributed by atoms with Crippen LogP contribution in [-0.2, 0) is 4.79 Å². The SMILES string of the molecule is COc1ccc(C(C)CC(=O)NCCNC(=O)c2ccccc2)cc1. The van der Waals surface area contributed by atoms with Crippen molar-refractivity contribution in [1.29, 1.82) is 0 Å². The van der Waals surface area contributed by atoms with E-state index >= 15 is 0 Å². The standard InChI is InChI=1S/C20H24N2O3/c1-15(16-8-10-18(25-2)11-9-16)14-19(23)21-12-13-22-20(24)17-6-4-3-5-7-17/h3-11,15H,12-14H2,1-2H3,(H,21,23)(H,22,24). The van der Waals surface area contributed by atoms with E-state index in [1.807, 2.05) is 49.4 Å². The normalized spacial score (nSPS) is 11.4. The lowest BCUT2D eigenvalue weighted by molar-refractivity contribution is -0.121. The Balaban J connectivity index is 1.68. The second-order valence-corrected chi connectivity index (χ2v) is 5.85. The molecule has 0 heterocycles. The quantitative estimate of drug-likeness (QED) is 0.726. The Morgan fingerprint density at radius 1 is 0.960 bits per heavy atom. The number of hydrogen-bond donors (Lipinski definition) is 2. The fraction of sp³-hybridized carbons (Fsp3) is 0.300. The highest BCUT2D eigenvalue weighted by Crippen LogP contribution is 2.21. The highest BCUT2D eigenvalue weighted by atomic mass is 16.5. The summed E-state index contributed by atoms with van der Waals surface area (Å²) >= 11 is 0. The summed E-state index contributed by atoms with van der Waals surface area (Å²) in [6.45, 7) is 2.82. The van der Waals surface area contributed by atoms with Crippen LogP contribution in [0.4, 0.5) is 0 Å². The van der Waals surface area contributed by atoms with Gasteiger partial charge in [0.15, 0.2) is 0 Å². The minimum Gasteiger partial charge on any atom is -0.497 e. The van der Waals surface area contributed by atoms with Crippen LogP contribution in [0.2, 0.25) is 0 Å². The lowest BCUT2D eigenvalue weighted by Crippen LogP contribution is -2.35. The summed E-state index contributed by atoms with van der Waals surface area (Å²) in [5.74, 6) is 0.748. The van der Waals surface area contributed by atoms with Gasteiger partial charge in [-0.1, -0.05) is 37.3 Å². The van der Waals surface area contributed by atoms with Gasteiger partial charge < -0.3 is 15.4 Å². The van der Waals surface area contributed by atoms with E-state index in [-0.39, 0.29) is 17.7 Å². The molecule has 0 spiro atoms. The lowest BCUT2D eigenvalue weighted by atomic mass is 9.97. The van der Waals surface area contributed by atoms with Crippen molar-refractivity contribution in [2.45, 2.75) is 19.3 Å². The van der Waals surface area contributed by atoms with Crippen molar-refractivity contribution in [2.75, 3.05) is 20.2 Å². The molecule has 0 bridgehead atoms. The maximum atomic E-state index is 12.0. The lowest BCUT2D eigenvalue weighted by Gasteiger charge is -2.13. The van der Waals surface area contributed by atoms with Gasteiger partial charge >= 0.3 is 0 Å². The van der Waals surface area contributed by atoms with E-state index in [2.05, 4.69) is 10.6 Å². The number of methoxy groups -OCH3 is 1. The molecule has 0 aromatic heterocycles. The zero-order valence-corrected chi connectivity index (χ0v) is 14.6. The highest BCUT2D eigenvalue weighted by molar-refractivity contribution is 5.94. The molecule has 0 radical (unpaired) electrons. The van der Waals surface area contributed by atoms with Crippen molar-refractivity contribution in [1.82, 2.24) is 10.6 Å². The van der Waals surface area contributed by atoms with Gasteiger partial charge in [0, 0.05) is 25.1 Å². The van der Waals surface area contributed by atoms with E-state index in [1.165, 1.54) is 0 Å². The van der Waals surface area contributed by atoms with E-state index in [9.17, 15) is 9.59 Å². The highest BCUT2D eigenvalue weighted by Gasteiger charge is 2.11. The molecule has 0 aliphatic carbocycles. The van der Waals surface area contributed by atoms with Crippen molar-refractivity contribution >= 4 is 11.8 Å². The van der Waals surface area contributed by atoms with E-state index in [4.69, 9.17) is 4.74 Å². The van der Waals surface area contributed by atoms with Gasteiger partial charge in [0.25, 0.3) is 5.91 Å². The van der Waals surface area contributed by atoms with Crippen LogP contribution in [0, 0.1) is 0 Å². The molecule has 0 saturated heterocycles. The molecule has 132 valence electrons. The van der Waals surface area contributed by atoms with E-state index < -0.39 is 0 Å². The predicted molar refractivity (Wildman–Crippen MR) is 97.8 cm³/mol. The third-order valence-corrected chi connectivity index (χ3v) is 3.95. The maximum Gasteiger partial charge on any atom is 0.251 e. The Kier molecular flexibility index (Phi) is 7.01. The molecule has 0 saturated carbocycles. The van der Waals surface area contributed by atoms with Crippen LogP contribution >= 0.6 is 0 Å². The summed E-state index contributed by atoms with van der Waals surface area (Å²) in [6, 6.07) is 16.7. The Bertz CT molecular complexity index is 684. The first kappa shape index (κ1) is 18.5. The Morgan fingerprint density at radius 2 is 1.60 bits per heavy atom. The first-order valence-electron chi connectivity index (χ1n) is 8.34. The van der Waals surface area contributed by atoms with Crippen molar-refractivity contribution < 1.29 is 14.3 Å². The van der Waals surface area contributed by atoms with Crippen molar-refractivity contribution in [3.63, 3.8) is 0 Å². The molecule has 25 heavy (non-hydrogen) atoms. The molecule has 2 N–H and O–H groups in total. The second-order valence-electron chi connectivity index (χ2n) is 5.85. The number of ether oxygens (including phenoxy) is 1. The zero-order valence-electron chi connectivity index (χ0n) is 14.6. The van der Waals surface area contributed by atoms with Gasteiger partial charge in [0.1, 0.15) is 5.75 Å². The fourth-order valence-corrected chi connectivity index (χ4v) is 2.47. The molecule has 5 heteroatoms. The van der Waals surface area contributed by atoms with E-state index in [1.54, 1.807) is 19.2 Å².